The second-order valence-electron chi connectivity index (χ2n) is 4.23. The van der Waals surface area contributed by atoms with Crippen molar-refractivity contribution in [3.05, 3.63) is 44.3 Å². The molecule has 3 aromatic rings. The van der Waals surface area contributed by atoms with Crippen LogP contribution in [-0.4, -0.2) is 18.6 Å². The smallest absolute Gasteiger partial charge is 0.253 e. The third-order valence-corrected chi connectivity index (χ3v) is 7.00. The maximum atomic E-state index is 13.8. The molecule has 0 saturated heterocycles. The first-order valence-electron chi connectivity index (χ1n) is 5.90. The number of thiophene rings is 1. The molecule has 0 amide bonds. The van der Waals surface area contributed by atoms with Crippen LogP contribution in [-0.2, 0) is 10.0 Å². The molecule has 3 rings (SSSR count). The van der Waals surface area contributed by atoms with Gasteiger partial charge in [0, 0.05) is 20.8 Å². The van der Waals surface area contributed by atoms with E-state index in [-0.39, 0.29) is 25.6 Å². The van der Waals surface area contributed by atoms with E-state index in [1.807, 2.05) is 0 Å². The third-order valence-electron chi connectivity index (χ3n) is 2.68. The Morgan fingerprint density at radius 3 is 2.74 bits per heavy atom. The highest BCUT2D eigenvalue weighted by Crippen LogP contribution is 2.32. The molecule has 23 heavy (non-hydrogen) atoms. The van der Waals surface area contributed by atoms with E-state index in [4.69, 9.17) is 11.6 Å². The molecule has 0 atom stereocenters. The van der Waals surface area contributed by atoms with Gasteiger partial charge in [-0.05, 0) is 18.2 Å². The van der Waals surface area contributed by atoms with Gasteiger partial charge >= 0.3 is 0 Å². The van der Waals surface area contributed by atoms with Crippen molar-refractivity contribution >= 4 is 65.4 Å². The Kier molecular flexibility index (Phi) is 4.70. The third kappa shape index (κ3) is 3.56. The highest BCUT2D eigenvalue weighted by molar-refractivity contribution is 9.10. The number of nitrogens with zero attached hydrogens (tertiary/aromatic N) is 2. The molecule has 0 aliphatic heterocycles. The van der Waals surface area contributed by atoms with Crippen LogP contribution in [0, 0.1) is 5.82 Å². The molecule has 11 heteroatoms. The number of aromatic nitrogens is 2. The number of nitrogens with one attached hydrogen (secondary N) is 1. The monoisotopic (exact) mass is 453 g/mol. The Morgan fingerprint density at radius 1 is 1.26 bits per heavy atom. The molecule has 0 bridgehead atoms. The van der Waals surface area contributed by atoms with Gasteiger partial charge in [-0.1, -0.05) is 38.9 Å². The second-order valence-corrected chi connectivity index (χ2v) is 8.92. The van der Waals surface area contributed by atoms with Crippen molar-refractivity contribution in [1.29, 1.82) is 0 Å². The van der Waals surface area contributed by atoms with Gasteiger partial charge in [0.1, 0.15) is 10.7 Å². The fraction of sp³-hybridized carbons (Fsp3) is 0. The van der Waals surface area contributed by atoms with Crippen LogP contribution >= 0.6 is 50.2 Å². The minimum Gasteiger partial charge on any atom is -0.253 e. The molecule has 0 radical (unpaired) electrons. The van der Waals surface area contributed by atoms with Crippen molar-refractivity contribution in [3.63, 3.8) is 0 Å². The quantitative estimate of drug-likeness (QED) is 0.624. The molecule has 1 aromatic carbocycles. The van der Waals surface area contributed by atoms with Crippen molar-refractivity contribution < 1.29 is 12.8 Å². The summed E-state index contributed by atoms with van der Waals surface area (Å²) in [7, 11) is -3.85. The Labute approximate surface area is 152 Å². The summed E-state index contributed by atoms with van der Waals surface area (Å²) in [6, 6.07) is 4.39. The van der Waals surface area contributed by atoms with E-state index in [2.05, 4.69) is 30.8 Å². The van der Waals surface area contributed by atoms with Crippen LogP contribution in [0.4, 0.5) is 9.52 Å². The Balaban J connectivity index is 1.91. The lowest BCUT2D eigenvalue weighted by atomic mass is 10.2. The first-order chi connectivity index (χ1) is 10.9. The minimum atomic E-state index is -3.85. The van der Waals surface area contributed by atoms with Crippen molar-refractivity contribution in [3.8, 4) is 10.6 Å². The minimum absolute atomic E-state index is 0.0293. The van der Waals surface area contributed by atoms with E-state index in [0.717, 1.165) is 11.3 Å². The predicted molar refractivity (Wildman–Crippen MR) is 93.1 cm³/mol. The van der Waals surface area contributed by atoms with Gasteiger partial charge in [-0.15, -0.1) is 21.5 Å². The Morgan fingerprint density at radius 2 is 2.04 bits per heavy atom. The van der Waals surface area contributed by atoms with Crippen molar-refractivity contribution in [2.45, 2.75) is 4.90 Å². The lowest BCUT2D eigenvalue weighted by Crippen LogP contribution is -2.12. The molecule has 2 heterocycles. The molecule has 0 unspecified atom stereocenters. The van der Waals surface area contributed by atoms with Crippen LogP contribution in [0.3, 0.4) is 0 Å². The van der Waals surface area contributed by atoms with Crippen LogP contribution in [0.25, 0.3) is 10.6 Å². The van der Waals surface area contributed by atoms with Crippen LogP contribution in [0.1, 0.15) is 0 Å². The van der Waals surface area contributed by atoms with Gasteiger partial charge < -0.3 is 0 Å². The van der Waals surface area contributed by atoms with Crippen LogP contribution in [0.15, 0.2) is 38.3 Å². The first kappa shape index (κ1) is 16.8. The van der Waals surface area contributed by atoms with Gasteiger partial charge in [0.25, 0.3) is 10.0 Å². The summed E-state index contributed by atoms with van der Waals surface area (Å²) in [6.07, 6.45) is 0. The lowest BCUT2D eigenvalue weighted by molar-refractivity contribution is 0.601. The number of halogens is 3. The average molecular weight is 455 g/mol. The highest BCUT2D eigenvalue weighted by Gasteiger charge is 2.21. The lowest BCUT2D eigenvalue weighted by Gasteiger charge is -2.02. The van der Waals surface area contributed by atoms with E-state index in [1.165, 1.54) is 28.2 Å². The largest absolute Gasteiger partial charge is 0.266 e. The van der Waals surface area contributed by atoms with E-state index in [1.54, 1.807) is 12.1 Å². The van der Waals surface area contributed by atoms with Gasteiger partial charge in [-0.2, -0.15) is 0 Å². The first-order valence-corrected chi connectivity index (χ1v) is 10.3. The molecule has 0 fully saturated rings. The van der Waals surface area contributed by atoms with Crippen molar-refractivity contribution in [2.75, 3.05) is 4.72 Å². The van der Waals surface area contributed by atoms with Crippen LogP contribution in [0.5, 0.6) is 0 Å². The number of benzene rings is 1. The highest BCUT2D eigenvalue weighted by atomic mass is 79.9. The summed E-state index contributed by atoms with van der Waals surface area (Å²) in [6.45, 7) is 0. The number of anilines is 1. The molecule has 0 aliphatic carbocycles. The average Bonchev–Trinajstić information content (AvgIpc) is 3.10. The molecule has 0 spiro atoms. The molecule has 0 aliphatic rings. The summed E-state index contributed by atoms with van der Waals surface area (Å²) in [4.78, 5) is -0.0328. The summed E-state index contributed by atoms with van der Waals surface area (Å²) in [5.41, 5.74) is 0.232. The predicted octanol–water partition coefficient (Wildman–Crippen LogP) is 4.62. The number of sulfonamides is 1. The topological polar surface area (TPSA) is 72.0 Å². The van der Waals surface area contributed by atoms with E-state index in [0.29, 0.717) is 4.47 Å². The Bertz CT molecular complexity index is 974. The summed E-state index contributed by atoms with van der Waals surface area (Å²) in [5, 5.41) is 10.9. The molecule has 0 saturated carbocycles. The summed E-state index contributed by atoms with van der Waals surface area (Å²) < 4.78 is 41.2. The molecule has 1 N–H and O–H groups in total. The van der Waals surface area contributed by atoms with Crippen LogP contribution in [0.2, 0.25) is 5.02 Å². The van der Waals surface area contributed by atoms with Gasteiger partial charge in [0.15, 0.2) is 5.01 Å². The maximum Gasteiger partial charge on any atom is 0.266 e. The fourth-order valence-electron chi connectivity index (χ4n) is 1.67. The van der Waals surface area contributed by atoms with Crippen LogP contribution < -0.4 is 4.72 Å². The molecule has 5 nitrogen and oxygen atoms in total. The number of rotatable bonds is 4. The fourth-order valence-corrected chi connectivity index (χ4v) is 5.72. The summed E-state index contributed by atoms with van der Waals surface area (Å²) in [5.74, 6) is -0.473. The zero-order chi connectivity index (χ0) is 16.6. The Hall–Kier alpha value is -1.07. The number of hydrogen-bond acceptors (Lipinski definition) is 6. The van der Waals surface area contributed by atoms with Crippen molar-refractivity contribution in [2.24, 2.45) is 0 Å². The zero-order valence-electron chi connectivity index (χ0n) is 11.0. The van der Waals surface area contributed by atoms with Crippen molar-refractivity contribution in [1.82, 2.24) is 10.2 Å². The van der Waals surface area contributed by atoms with Gasteiger partial charge in [0.05, 0.1) is 5.02 Å². The van der Waals surface area contributed by atoms with E-state index < -0.39 is 15.8 Å². The van der Waals surface area contributed by atoms with E-state index in [9.17, 15) is 12.8 Å². The standard InChI is InChI=1S/C12H6BrClFN3O2S3/c13-6-1-2-9(15)7(3-6)11-16-17-12(22-11)18-23(19,20)10-5-21-4-8(10)14/h1-5H,(H,17,18). The zero-order valence-corrected chi connectivity index (χ0v) is 15.7. The van der Waals surface area contributed by atoms with Gasteiger partial charge in [0.2, 0.25) is 5.13 Å². The second kappa shape index (κ2) is 6.44. The molecular weight excluding hydrogens is 449 g/mol. The molecular formula is C12H6BrClFN3O2S3. The summed E-state index contributed by atoms with van der Waals surface area (Å²) >= 11 is 11.2. The molecule has 120 valence electrons. The normalized spacial score (nSPS) is 11.6. The number of hydrogen-bond donors (Lipinski definition) is 1. The van der Waals surface area contributed by atoms with Gasteiger partial charge in [-0.3, -0.25) is 4.72 Å². The van der Waals surface area contributed by atoms with Gasteiger partial charge in [-0.25, -0.2) is 12.8 Å². The SMILES string of the molecule is O=S(=O)(Nc1nnc(-c2cc(Br)ccc2F)s1)c1cscc1Cl. The molecule has 2 aromatic heterocycles. The van der Waals surface area contributed by atoms with E-state index >= 15 is 0 Å². The maximum absolute atomic E-state index is 13.8.